The molecular formula is C81H142O17P2. The van der Waals surface area contributed by atoms with E-state index in [1.165, 1.54) is 122 Å². The van der Waals surface area contributed by atoms with E-state index in [-0.39, 0.29) is 25.7 Å². The first-order valence-electron chi connectivity index (χ1n) is 39.5. The number of esters is 4. The zero-order valence-corrected chi connectivity index (χ0v) is 64.9. The molecule has 2 unspecified atom stereocenters. The Hall–Kier alpha value is -4.02. The van der Waals surface area contributed by atoms with E-state index in [0.717, 1.165) is 128 Å². The van der Waals surface area contributed by atoms with Crippen molar-refractivity contribution in [1.29, 1.82) is 0 Å². The van der Waals surface area contributed by atoms with Gasteiger partial charge in [0.1, 0.15) is 19.3 Å². The minimum Gasteiger partial charge on any atom is -0.462 e. The largest absolute Gasteiger partial charge is 0.472 e. The summed E-state index contributed by atoms with van der Waals surface area (Å²) in [5.41, 5.74) is 0. The second-order valence-electron chi connectivity index (χ2n) is 26.3. The molecule has 0 radical (unpaired) electrons. The van der Waals surface area contributed by atoms with Gasteiger partial charge in [-0.1, -0.05) is 292 Å². The van der Waals surface area contributed by atoms with Crippen molar-refractivity contribution in [2.75, 3.05) is 39.6 Å². The average molecular weight is 1450 g/mol. The highest BCUT2D eigenvalue weighted by molar-refractivity contribution is 7.47. The third-order valence-corrected chi connectivity index (χ3v) is 18.4. The Kier molecular flexibility index (Phi) is 70.4. The van der Waals surface area contributed by atoms with Crippen LogP contribution in [0.3, 0.4) is 0 Å². The molecule has 578 valence electrons. The molecular weight excluding hydrogens is 1310 g/mol. The van der Waals surface area contributed by atoms with Crippen molar-refractivity contribution in [3.05, 3.63) is 97.2 Å². The molecule has 0 aromatic heterocycles. The molecule has 100 heavy (non-hydrogen) atoms. The van der Waals surface area contributed by atoms with Crippen molar-refractivity contribution in [3.63, 3.8) is 0 Å². The lowest BCUT2D eigenvalue weighted by Crippen LogP contribution is -2.30. The quantitative estimate of drug-likeness (QED) is 0.0169. The van der Waals surface area contributed by atoms with Gasteiger partial charge in [-0.3, -0.25) is 37.3 Å². The fourth-order valence-corrected chi connectivity index (χ4v) is 12.1. The van der Waals surface area contributed by atoms with E-state index < -0.39 is 97.5 Å². The van der Waals surface area contributed by atoms with E-state index in [9.17, 15) is 43.2 Å². The zero-order chi connectivity index (χ0) is 73.2. The molecule has 0 aromatic carbocycles. The van der Waals surface area contributed by atoms with Crippen molar-refractivity contribution >= 4 is 39.5 Å². The normalized spacial score (nSPS) is 14.4. The van der Waals surface area contributed by atoms with Crippen LogP contribution in [0.5, 0.6) is 0 Å². The number of ether oxygens (including phenoxy) is 4. The minimum absolute atomic E-state index is 0.0285. The summed E-state index contributed by atoms with van der Waals surface area (Å²) in [7, 11) is -9.97. The maximum atomic E-state index is 13.1. The molecule has 0 amide bonds. The van der Waals surface area contributed by atoms with Gasteiger partial charge >= 0.3 is 39.5 Å². The standard InChI is InChI=1S/C81H142O17P2/c1-5-9-13-17-21-25-29-33-35-36-37-38-40-44-48-52-56-60-64-68-81(86)98-77(72-92-79(84)66-62-58-54-50-46-43-39-34-30-26-22-18-14-10-6-2)74-96-100(89,90)94-70-75(82)69-93-99(87,88)95-73-76(97-80(85)67-63-59-55-51-47-42-32-28-24-20-16-12-8-4)71-91-78(83)65-61-57-53-49-45-41-31-27-23-19-15-11-7-3/h9,13,21,25,27-28,31-33,35,37-38,44,48,56,60,75-77,82H,5-8,10-12,14-20,22-24,26,29-30,34,36,39-43,45-47,49-55,57-59,61-74H2,1-4H3,(H,87,88)(H,89,90)/b13-9-,25-21-,31-27-,32-28-,35-33-,38-37-,48-44-,60-56-/t75-,76-,77-/m1/s1. The fourth-order valence-electron chi connectivity index (χ4n) is 10.5. The van der Waals surface area contributed by atoms with E-state index in [1.807, 2.05) is 18.2 Å². The number of carbonyl (C=O) groups is 4. The number of aliphatic hydroxyl groups excluding tert-OH is 1. The molecule has 19 heteroatoms. The number of carbonyl (C=O) groups excluding carboxylic acids is 4. The second-order valence-corrected chi connectivity index (χ2v) is 29.2. The molecule has 3 N–H and O–H groups in total. The number of rotatable bonds is 74. The Morgan fingerprint density at radius 1 is 0.290 bits per heavy atom. The maximum Gasteiger partial charge on any atom is 0.472 e. The van der Waals surface area contributed by atoms with Crippen LogP contribution >= 0.6 is 15.6 Å². The van der Waals surface area contributed by atoms with Gasteiger partial charge in [-0.2, -0.15) is 0 Å². The van der Waals surface area contributed by atoms with E-state index >= 15 is 0 Å². The molecule has 0 aliphatic carbocycles. The smallest absolute Gasteiger partial charge is 0.462 e. The van der Waals surface area contributed by atoms with Crippen LogP contribution in [0.2, 0.25) is 0 Å². The Morgan fingerprint density at radius 2 is 0.540 bits per heavy atom. The number of phosphoric acid groups is 2. The highest BCUT2D eigenvalue weighted by Crippen LogP contribution is 2.45. The highest BCUT2D eigenvalue weighted by Gasteiger charge is 2.30. The summed E-state index contributed by atoms with van der Waals surface area (Å²) >= 11 is 0. The van der Waals surface area contributed by atoms with Crippen molar-refractivity contribution in [2.45, 2.75) is 354 Å². The first-order valence-corrected chi connectivity index (χ1v) is 42.5. The topological polar surface area (TPSA) is 237 Å². The highest BCUT2D eigenvalue weighted by atomic mass is 31.2. The van der Waals surface area contributed by atoms with Gasteiger partial charge in [0.2, 0.25) is 0 Å². The summed E-state index contributed by atoms with van der Waals surface area (Å²) in [4.78, 5) is 72.9. The molecule has 0 bridgehead atoms. The number of allylic oxidation sites excluding steroid dienone is 16. The number of hydrogen-bond acceptors (Lipinski definition) is 15. The first kappa shape index (κ1) is 96.0. The van der Waals surface area contributed by atoms with Crippen LogP contribution in [-0.2, 0) is 65.4 Å². The molecule has 0 saturated carbocycles. The third-order valence-electron chi connectivity index (χ3n) is 16.5. The molecule has 0 rings (SSSR count). The molecule has 0 heterocycles. The van der Waals surface area contributed by atoms with Gasteiger partial charge in [-0.25, -0.2) is 9.13 Å². The monoisotopic (exact) mass is 1450 g/mol. The van der Waals surface area contributed by atoms with Crippen molar-refractivity contribution in [3.8, 4) is 0 Å². The van der Waals surface area contributed by atoms with Gasteiger partial charge in [-0.15, -0.1) is 0 Å². The van der Waals surface area contributed by atoms with Crippen LogP contribution in [0, 0.1) is 0 Å². The summed E-state index contributed by atoms with van der Waals surface area (Å²) in [5, 5.41) is 10.6. The molecule has 0 fully saturated rings. The molecule has 0 saturated heterocycles. The first-order chi connectivity index (χ1) is 48.7. The molecule has 0 aliphatic heterocycles. The average Bonchev–Trinajstić information content (AvgIpc) is 0.934. The number of unbranched alkanes of at least 4 members (excludes halogenated alkanes) is 32. The van der Waals surface area contributed by atoms with Crippen molar-refractivity contribution in [1.82, 2.24) is 0 Å². The zero-order valence-electron chi connectivity index (χ0n) is 63.1. The number of hydrogen-bond donors (Lipinski definition) is 3. The van der Waals surface area contributed by atoms with Crippen LogP contribution in [0.4, 0.5) is 0 Å². The minimum atomic E-state index is -4.99. The number of aliphatic hydroxyl groups is 1. The van der Waals surface area contributed by atoms with E-state index in [1.54, 1.807) is 0 Å². The Bertz CT molecular complexity index is 2270. The molecule has 5 atom stereocenters. The van der Waals surface area contributed by atoms with Crippen LogP contribution in [0.25, 0.3) is 0 Å². The third kappa shape index (κ3) is 72.3. The lowest BCUT2D eigenvalue weighted by atomic mass is 10.0. The molecule has 0 aromatic rings. The van der Waals surface area contributed by atoms with Crippen LogP contribution in [-0.4, -0.2) is 96.7 Å². The molecule has 0 spiro atoms. The lowest BCUT2D eigenvalue weighted by Gasteiger charge is -2.21. The van der Waals surface area contributed by atoms with E-state index in [2.05, 4.69) is 107 Å². The molecule has 17 nitrogen and oxygen atoms in total. The van der Waals surface area contributed by atoms with Gasteiger partial charge in [0.05, 0.1) is 26.4 Å². The summed E-state index contributed by atoms with van der Waals surface area (Å²) in [6, 6.07) is 0. The summed E-state index contributed by atoms with van der Waals surface area (Å²) in [6.45, 7) is 4.66. The van der Waals surface area contributed by atoms with Crippen LogP contribution in [0.1, 0.15) is 336 Å². The lowest BCUT2D eigenvalue weighted by molar-refractivity contribution is -0.161. The Labute approximate surface area is 607 Å². The van der Waals surface area contributed by atoms with E-state index in [0.29, 0.717) is 32.1 Å². The Balaban J connectivity index is 5.41. The van der Waals surface area contributed by atoms with Crippen LogP contribution in [0.15, 0.2) is 97.2 Å². The van der Waals surface area contributed by atoms with Crippen LogP contribution < -0.4 is 0 Å². The van der Waals surface area contributed by atoms with Gasteiger partial charge in [-0.05, 0) is 116 Å². The SMILES string of the molecule is CC/C=C\C/C=C\C/C=C\C/C=C\C/C=C\C/C=C\CCC(=O)O[C@H](COC(=O)CCCCCCCCCCCCCCCCC)COP(=O)(O)OC[C@H](O)COP(=O)(O)OC[C@@H](COC(=O)CCCCCCC/C=C\CCCCCC)OC(=O)CCCCCCC/C=C\CCCCCC. The number of phosphoric ester groups is 2. The summed E-state index contributed by atoms with van der Waals surface area (Å²) in [6.07, 6.45) is 76.9. The van der Waals surface area contributed by atoms with Gasteiger partial charge < -0.3 is 33.8 Å². The summed E-state index contributed by atoms with van der Waals surface area (Å²) < 4.78 is 68.4. The predicted molar refractivity (Wildman–Crippen MR) is 409 cm³/mol. The van der Waals surface area contributed by atoms with E-state index in [4.69, 9.17) is 37.0 Å². The van der Waals surface area contributed by atoms with Gasteiger partial charge in [0.25, 0.3) is 0 Å². The van der Waals surface area contributed by atoms with Gasteiger partial charge in [0, 0.05) is 25.7 Å². The van der Waals surface area contributed by atoms with Crippen molar-refractivity contribution in [2.24, 2.45) is 0 Å². The second kappa shape index (κ2) is 73.3. The predicted octanol–water partition coefficient (Wildman–Crippen LogP) is 22.8. The van der Waals surface area contributed by atoms with Crippen molar-refractivity contribution < 1.29 is 80.2 Å². The fraction of sp³-hybridized carbons (Fsp3) is 0.753. The summed E-state index contributed by atoms with van der Waals surface area (Å²) in [5.74, 6) is -2.27. The molecule has 0 aliphatic rings. The van der Waals surface area contributed by atoms with Gasteiger partial charge in [0.15, 0.2) is 12.2 Å². The Morgan fingerprint density at radius 3 is 0.870 bits per heavy atom. The maximum absolute atomic E-state index is 13.1.